The van der Waals surface area contributed by atoms with Crippen LogP contribution in [-0.2, 0) is 6.42 Å². The van der Waals surface area contributed by atoms with E-state index in [1.807, 2.05) is 6.92 Å². The van der Waals surface area contributed by atoms with Gasteiger partial charge in [-0.05, 0) is 22.0 Å². The predicted molar refractivity (Wildman–Crippen MR) is 63.3 cm³/mol. The first-order chi connectivity index (χ1) is 7.72. The summed E-state index contributed by atoms with van der Waals surface area (Å²) in [7, 11) is 0. The molecule has 0 aliphatic rings. The molecule has 0 aromatic carbocycles. The molecule has 0 bridgehead atoms. The van der Waals surface area contributed by atoms with Crippen LogP contribution in [0.4, 0.5) is 0 Å². The Morgan fingerprint density at radius 3 is 3.00 bits per heavy atom. The first kappa shape index (κ1) is 11.0. The molecule has 0 aliphatic heterocycles. The van der Waals surface area contributed by atoms with Crippen molar-refractivity contribution in [2.45, 2.75) is 13.3 Å². The molecule has 2 rings (SSSR count). The van der Waals surface area contributed by atoms with E-state index < -0.39 is 0 Å². The maximum atomic E-state index is 12.1. The smallest absolute Gasteiger partial charge is 0.264 e. The second-order valence-electron chi connectivity index (χ2n) is 3.26. The SMILES string of the molecule is CCc1nccn1C(=O)c1cncc(Br)c1. The molecular formula is C11H10BrN3O. The average Bonchev–Trinajstić information content (AvgIpc) is 2.76. The van der Waals surface area contributed by atoms with Crippen LogP contribution in [0.5, 0.6) is 0 Å². The molecule has 0 N–H and O–H groups in total. The van der Waals surface area contributed by atoms with E-state index in [-0.39, 0.29) is 5.91 Å². The second kappa shape index (κ2) is 4.57. The van der Waals surface area contributed by atoms with Crippen molar-refractivity contribution in [3.63, 3.8) is 0 Å². The zero-order valence-electron chi connectivity index (χ0n) is 8.72. The summed E-state index contributed by atoms with van der Waals surface area (Å²) < 4.78 is 2.33. The van der Waals surface area contributed by atoms with E-state index in [1.165, 1.54) is 0 Å². The highest BCUT2D eigenvalue weighted by Gasteiger charge is 2.12. The molecule has 2 aromatic heterocycles. The monoisotopic (exact) mass is 279 g/mol. The Balaban J connectivity index is 2.39. The third-order valence-electron chi connectivity index (χ3n) is 2.20. The normalized spacial score (nSPS) is 10.4. The van der Waals surface area contributed by atoms with Crippen LogP contribution < -0.4 is 0 Å². The lowest BCUT2D eigenvalue weighted by molar-refractivity contribution is 0.0956. The summed E-state index contributed by atoms with van der Waals surface area (Å²) in [4.78, 5) is 20.2. The molecule has 16 heavy (non-hydrogen) atoms. The number of carbonyl (C=O) groups is 1. The lowest BCUT2D eigenvalue weighted by Gasteiger charge is -2.04. The minimum atomic E-state index is -0.108. The van der Waals surface area contributed by atoms with Crippen LogP contribution in [0, 0.1) is 0 Å². The zero-order valence-corrected chi connectivity index (χ0v) is 10.3. The number of halogens is 1. The number of aryl methyl sites for hydroxylation is 1. The van der Waals surface area contributed by atoms with Gasteiger partial charge in [0, 0.05) is 35.7 Å². The zero-order chi connectivity index (χ0) is 11.5. The summed E-state index contributed by atoms with van der Waals surface area (Å²) in [6.07, 6.45) is 7.21. The van der Waals surface area contributed by atoms with Crippen molar-refractivity contribution in [3.05, 3.63) is 46.7 Å². The van der Waals surface area contributed by atoms with Crippen molar-refractivity contribution in [3.8, 4) is 0 Å². The van der Waals surface area contributed by atoms with Gasteiger partial charge in [0.2, 0.25) is 0 Å². The van der Waals surface area contributed by atoms with Gasteiger partial charge in [-0.2, -0.15) is 0 Å². The van der Waals surface area contributed by atoms with Crippen molar-refractivity contribution in [1.29, 1.82) is 0 Å². The van der Waals surface area contributed by atoms with Gasteiger partial charge < -0.3 is 0 Å². The fraction of sp³-hybridized carbons (Fsp3) is 0.182. The summed E-state index contributed by atoms with van der Waals surface area (Å²) in [5, 5.41) is 0. The molecule has 5 heteroatoms. The van der Waals surface area contributed by atoms with Gasteiger partial charge in [0.05, 0.1) is 5.56 Å². The highest BCUT2D eigenvalue weighted by atomic mass is 79.9. The van der Waals surface area contributed by atoms with Gasteiger partial charge in [0.1, 0.15) is 5.82 Å². The van der Waals surface area contributed by atoms with Crippen LogP contribution in [-0.4, -0.2) is 20.4 Å². The minimum absolute atomic E-state index is 0.108. The maximum Gasteiger partial charge on any atom is 0.264 e. The molecule has 0 spiro atoms. The van der Waals surface area contributed by atoms with Gasteiger partial charge in [0.25, 0.3) is 5.91 Å². The Hall–Kier alpha value is -1.49. The van der Waals surface area contributed by atoms with Crippen molar-refractivity contribution < 1.29 is 4.79 Å². The van der Waals surface area contributed by atoms with E-state index in [4.69, 9.17) is 0 Å². The van der Waals surface area contributed by atoms with Crippen molar-refractivity contribution >= 4 is 21.8 Å². The Labute approximate surface area is 101 Å². The fourth-order valence-electron chi connectivity index (χ4n) is 1.45. The summed E-state index contributed by atoms with van der Waals surface area (Å²) in [6.45, 7) is 1.96. The summed E-state index contributed by atoms with van der Waals surface area (Å²) in [5.74, 6) is 0.646. The Morgan fingerprint density at radius 1 is 1.50 bits per heavy atom. The number of carbonyl (C=O) groups excluding carboxylic acids is 1. The largest absolute Gasteiger partial charge is 0.270 e. The number of hydrogen-bond acceptors (Lipinski definition) is 3. The minimum Gasteiger partial charge on any atom is -0.270 e. The quantitative estimate of drug-likeness (QED) is 0.848. The summed E-state index contributed by atoms with van der Waals surface area (Å²) in [5.41, 5.74) is 0.544. The molecule has 0 amide bonds. The van der Waals surface area contributed by atoms with Crippen molar-refractivity contribution in [1.82, 2.24) is 14.5 Å². The van der Waals surface area contributed by atoms with Crippen LogP contribution in [0.3, 0.4) is 0 Å². The third kappa shape index (κ3) is 2.04. The third-order valence-corrected chi connectivity index (χ3v) is 2.64. The van der Waals surface area contributed by atoms with Crippen LogP contribution in [0.25, 0.3) is 0 Å². The highest BCUT2D eigenvalue weighted by molar-refractivity contribution is 9.10. The number of pyridine rings is 1. The highest BCUT2D eigenvalue weighted by Crippen LogP contribution is 2.12. The molecule has 0 saturated carbocycles. The molecule has 2 aromatic rings. The van der Waals surface area contributed by atoms with E-state index in [0.717, 1.165) is 16.7 Å². The second-order valence-corrected chi connectivity index (χ2v) is 4.18. The van der Waals surface area contributed by atoms with Gasteiger partial charge in [-0.3, -0.25) is 14.3 Å². The topological polar surface area (TPSA) is 47.8 Å². The molecule has 0 unspecified atom stereocenters. The number of nitrogens with zero attached hydrogens (tertiary/aromatic N) is 3. The van der Waals surface area contributed by atoms with Gasteiger partial charge >= 0.3 is 0 Å². The van der Waals surface area contributed by atoms with Gasteiger partial charge in [-0.15, -0.1) is 0 Å². The van der Waals surface area contributed by atoms with Crippen LogP contribution in [0.1, 0.15) is 23.1 Å². The fourth-order valence-corrected chi connectivity index (χ4v) is 1.81. The molecule has 0 atom stereocenters. The lowest BCUT2D eigenvalue weighted by atomic mass is 10.2. The standard InChI is InChI=1S/C11H10BrN3O/c1-2-10-14-3-4-15(10)11(16)8-5-9(12)7-13-6-8/h3-7H,2H2,1H3. The summed E-state index contributed by atoms with van der Waals surface area (Å²) in [6, 6.07) is 1.74. The van der Waals surface area contributed by atoms with E-state index in [0.29, 0.717) is 5.56 Å². The molecular weight excluding hydrogens is 270 g/mol. The van der Waals surface area contributed by atoms with E-state index in [2.05, 4.69) is 25.9 Å². The van der Waals surface area contributed by atoms with Gasteiger partial charge in [-0.25, -0.2) is 4.98 Å². The number of aromatic nitrogens is 3. The van der Waals surface area contributed by atoms with E-state index >= 15 is 0 Å². The predicted octanol–water partition coefficient (Wildman–Crippen LogP) is 2.29. The molecule has 0 saturated heterocycles. The van der Waals surface area contributed by atoms with Gasteiger partial charge in [0.15, 0.2) is 0 Å². The molecule has 4 nitrogen and oxygen atoms in total. The first-order valence-electron chi connectivity index (χ1n) is 4.90. The van der Waals surface area contributed by atoms with E-state index in [9.17, 15) is 4.79 Å². The maximum absolute atomic E-state index is 12.1. The van der Waals surface area contributed by atoms with Crippen LogP contribution in [0.15, 0.2) is 35.3 Å². The molecule has 0 aliphatic carbocycles. The molecule has 0 fully saturated rings. The number of hydrogen-bond donors (Lipinski definition) is 0. The summed E-state index contributed by atoms with van der Waals surface area (Å²) >= 11 is 3.29. The Morgan fingerprint density at radius 2 is 2.31 bits per heavy atom. The van der Waals surface area contributed by atoms with E-state index in [1.54, 1.807) is 35.4 Å². The number of imidazole rings is 1. The first-order valence-corrected chi connectivity index (χ1v) is 5.69. The van der Waals surface area contributed by atoms with Crippen LogP contribution in [0.2, 0.25) is 0 Å². The lowest BCUT2D eigenvalue weighted by Crippen LogP contribution is -2.14. The average molecular weight is 280 g/mol. The molecule has 0 radical (unpaired) electrons. The van der Waals surface area contributed by atoms with Gasteiger partial charge in [-0.1, -0.05) is 6.92 Å². The Bertz CT molecular complexity index is 521. The Kier molecular flexibility index (Phi) is 3.14. The number of rotatable bonds is 2. The van der Waals surface area contributed by atoms with Crippen LogP contribution >= 0.6 is 15.9 Å². The molecule has 2 heterocycles. The van der Waals surface area contributed by atoms with Crippen molar-refractivity contribution in [2.24, 2.45) is 0 Å². The molecule has 82 valence electrons. The van der Waals surface area contributed by atoms with Crippen molar-refractivity contribution in [2.75, 3.05) is 0 Å².